The Hall–Kier alpha value is -2.50. The summed E-state index contributed by atoms with van der Waals surface area (Å²) in [6.45, 7) is 0.757. The smallest absolute Gasteiger partial charge is 0.335 e. The summed E-state index contributed by atoms with van der Waals surface area (Å²) in [6, 6.07) is 6.68. The number of carboxylic acid groups (broad SMARTS) is 1. The molecular formula is C15H16N2O4. The standard InChI is InChI=1S/C15H16N2O4/c18-14(19)11-2-1-3-13(10-11)21-9-8-16-6-7-17(15(16)20)12-4-5-12/h1-3,6-7,10,12H,4-5,8-9H2,(H,18,19). The summed E-state index contributed by atoms with van der Waals surface area (Å²) in [5.74, 6) is -0.497. The quantitative estimate of drug-likeness (QED) is 0.879. The molecular weight excluding hydrogens is 272 g/mol. The molecule has 21 heavy (non-hydrogen) atoms. The molecule has 6 heteroatoms. The predicted molar refractivity (Wildman–Crippen MR) is 75.9 cm³/mol. The van der Waals surface area contributed by atoms with Crippen LogP contribution in [0.2, 0.25) is 0 Å². The average Bonchev–Trinajstić information content (AvgIpc) is 3.25. The summed E-state index contributed by atoms with van der Waals surface area (Å²) in [5, 5.41) is 8.91. The van der Waals surface area contributed by atoms with Crippen molar-refractivity contribution in [1.29, 1.82) is 0 Å². The Morgan fingerprint density at radius 2 is 2.14 bits per heavy atom. The SMILES string of the molecule is O=C(O)c1cccc(OCCn2ccn(C3CC3)c2=O)c1. The van der Waals surface area contributed by atoms with E-state index in [2.05, 4.69) is 0 Å². The van der Waals surface area contributed by atoms with E-state index in [4.69, 9.17) is 9.84 Å². The molecule has 1 aliphatic rings. The number of carbonyl (C=O) groups is 1. The zero-order valence-electron chi connectivity index (χ0n) is 11.4. The van der Waals surface area contributed by atoms with Crippen LogP contribution >= 0.6 is 0 Å². The molecule has 0 radical (unpaired) electrons. The molecule has 1 saturated carbocycles. The molecule has 1 aromatic carbocycles. The van der Waals surface area contributed by atoms with Crippen molar-refractivity contribution in [3.63, 3.8) is 0 Å². The number of hydrogen-bond acceptors (Lipinski definition) is 3. The van der Waals surface area contributed by atoms with Crippen LogP contribution in [0.4, 0.5) is 0 Å². The van der Waals surface area contributed by atoms with E-state index in [1.807, 2.05) is 6.20 Å². The van der Waals surface area contributed by atoms with Crippen LogP contribution in [0.3, 0.4) is 0 Å². The van der Waals surface area contributed by atoms with Gasteiger partial charge in [-0.2, -0.15) is 0 Å². The number of ether oxygens (including phenoxy) is 1. The third-order valence-electron chi connectivity index (χ3n) is 3.50. The largest absolute Gasteiger partial charge is 0.492 e. The van der Waals surface area contributed by atoms with Crippen molar-refractivity contribution in [3.8, 4) is 5.75 Å². The van der Waals surface area contributed by atoms with E-state index >= 15 is 0 Å². The lowest BCUT2D eigenvalue weighted by Crippen LogP contribution is -2.25. The van der Waals surface area contributed by atoms with Crippen LogP contribution in [-0.4, -0.2) is 26.8 Å². The van der Waals surface area contributed by atoms with Crippen LogP contribution in [0, 0.1) is 0 Å². The Bertz CT molecular complexity index is 712. The lowest BCUT2D eigenvalue weighted by molar-refractivity contribution is 0.0696. The number of hydrogen-bond donors (Lipinski definition) is 1. The Labute approximate surface area is 121 Å². The molecule has 0 saturated heterocycles. The molecule has 0 atom stereocenters. The number of imidazole rings is 1. The lowest BCUT2D eigenvalue weighted by Gasteiger charge is -2.07. The van der Waals surface area contributed by atoms with Gasteiger partial charge in [-0.25, -0.2) is 9.59 Å². The summed E-state index contributed by atoms with van der Waals surface area (Å²) >= 11 is 0. The Morgan fingerprint density at radius 1 is 1.33 bits per heavy atom. The summed E-state index contributed by atoms with van der Waals surface area (Å²) in [7, 11) is 0. The van der Waals surface area contributed by atoms with Gasteiger partial charge in [-0.05, 0) is 31.0 Å². The highest BCUT2D eigenvalue weighted by molar-refractivity contribution is 5.87. The first-order valence-electron chi connectivity index (χ1n) is 6.88. The summed E-state index contributed by atoms with van der Waals surface area (Å²) in [4.78, 5) is 22.9. The summed E-state index contributed by atoms with van der Waals surface area (Å²) in [6.07, 6.45) is 5.72. The van der Waals surface area contributed by atoms with Gasteiger partial charge in [0.2, 0.25) is 0 Å². The fraction of sp³-hybridized carbons (Fsp3) is 0.333. The topological polar surface area (TPSA) is 73.5 Å². The maximum atomic E-state index is 12.0. The molecule has 1 heterocycles. The predicted octanol–water partition coefficient (Wildman–Crippen LogP) is 1.76. The molecule has 1 aliphatic carbocycles. The van der Waals surface area contributed by atoms with Crippen molar-refractivity contribution in [2.24, 2.45) is 0 Å². The van der Waals surface area contributed by atoms with Crippen molar-refractivity contribution in [3.05, 3.63) is 52.7 Å². The third kappa shape index (κ3) is 2.99. The van der Waals surface area contributed by atoms with E-state index in [9.17, 15) is 9.59 Å². The highest BCUT2D eigenvalue weighted by Gasteiger charge is 2.25. The Kier molecular flexibility index (Phi) is 3.51. The van der Waals surface area contributed by atoms with Crippen molar-refractivity contribution in [2.75, 3.05) is 6.61 Å². The van der Waals surface area contributed by atoms with Gasteiger partial charge in [0.15, 0.2) is 0 Å². The molecule has 110 valence electrons. The van der Waals surface area contributed by atoms with Crippen LogP contribution in [-0.2, 0) is 6.54 Å². The Balaban J connectivity index is 1.60. The van der Waals surface area contributed by atoms with Crippen molar-refractivity contribution in [2.45, 2.75) is 25.4 Å². The molecule has 1 N–H and O–H groups in total. The average molecular weight is 288 g/mol. The van der Waals surface area contributed by atoms with Gasteiger partial charge in [0, 0.05) is 18.4 Å². The summed E-state index contributed by atoms with van der Waals surface area (Å²) in [5.41, 5.74) is 0.171. The van der Waals surface area contributed by atoms with Crippen LogP contribution in [0.5, 0.6) is 5.75 Å². The van der Waals surface area contributed by atoms with E-state index in [1.54, 1.807) is 27.5 Å². The second-order valence-corrected chi connectivity index (χ2v) is 5.09. The summed E-state index contributed by atoms with van der Waals surface area (Å²) < 4.78 is 8.87. The van der Waals surface area contributed by atoms with E-state index in [1.165, 1.54) is 12.1 Å². The zero-order valence-corrected chi connectivity index (χ0v) is 11.4. The van der Waals surface area contributed by atoms with Gasteiger partial charge in [0.25, 0.3) is 0 Å². The fourth-order valence-electron chi connectivity index (χ4n) is 2.21. The minimum Gasteiger partial charge on any atom is -0.492 e. The zero-order chi connectivity index (χ0) is 14.8. The number of aromatic nitrogens is 2. The molecule has 0 amide bonds. The highest BCUT2D eigenvalue weighted by Crippen LogP contribution is 2.33. The number of aromatic carboxylic acids is 1. The van der Waals surface area contributed by atoms with E-state index in [0.29, 0.717) is 24.9 Å². The molecule has 0 bridgehead atoms. The van der Waals surface area contributed by atoms with E-state index in [-0.39, 0.29) is 11.3 Å². The number of benzene rings is 1. The van der Waals surface area contributed by atoms with Crippen LogP contribution < -0.4 is 10.4 Å². The highest BCUT2D eigenvalue weighted by atomic mass is 16.5. The molecule has 0 aliphatic heterocycles. The normalized spacial score (nSPS) is 14.1. The number of carboxylic acids is 1. The van der Waals surface area contributed by atoms with Crippen molar-refractivity contribution in [1.82, 2.24) is 9.13 Å². The van der Waals surface area contributed by atoms with Gasteiger partial charge in [0.1, 0.15) is 12.4 Å². The fourth-order valence-corrected chi connectivity index (χ4v) is 2.21. The minimum absolute atomic E-state index is 0.0135. The molecule has 6 nitrogen and oxygen atoms in total. The van der Waals surface area contributed by atoms with Gasteiger partial charge in [0.05, 0.1) is 12.1 Å². The maximum Gasteiger partial charge on any atom is 0.335 e. The molecule has 1 fully saturated rings. The number of nitrogens with zero attached hydrogens (tertiary/aromatic N) is 2. The molecule has 1 aromatic heterocycles. The molecule has 3 rings (SSSR count). The van der Waals surface area contributed by atoms with E-state index < -0.39 is 5.97 Å². The molecule has 2 aromatic rings. The van der Waals surface area contributed by atoms with Crippen LogP contribution in [0.1, 0.15) is 29.2 Å². The van der Waals surface area contributed by atoms with Gasteiger partial charge in [-0.15, -0.1) is 0 Å². The number of rotatable bonds is 6. The van der Waals surface area contributed by atoms with Crippen LogP contribution in [0.15, 0.2) is 41.5 Å². The Morgan fingerprint density at radius 3 is 2.86 bits per heavy atom. The second-order valence-electron chi connectivity index (χ2n) is 5.09. The monoisotopic (exact) mass is 288 g/mol. The first kappa shape index (κ1) is 13.5. The van der Waals surface area contributed by atoms with Gasteiger partial charge in [-0.1, -0.05) is 6.07 Å². The van der Waals surface area contributed by atoms with Gasteiger partial charge >= 0.3 is 11.7 Å². The van der Waals surface area contributed by atoms with Crippen molar-refractivity contribution < 1.29 is 14.6 Å². The van der Waals surface area contributed by atoms with Crippen molar-refractivity contribution >= 4 is 5.97 Å². The molecule has 0 spiro atoms. The van der Waals surface area contributed by atoms with Crippen LogP contribution in [0.25, 0.3) is 0 Å². The maximum absolute atomic E-state index is 12.0. The van der Waals surface area contributed by atoms with E-state index in [0.717, 1.165) is 12.8 Å². The first-order valence-corrected chi connectivity index (χ1v) is 6.88. The van der Waals surface area contributed by atoms with Gasteiger partial charge < -0.3 is 9.84 Å². The third-order valence-corrected chi connectivity index (χ3v) is 3.50. The van der Waals surface area contributed by atoms with Gasteiger partial charge in [-0.3, -0.25) is 9.13 Å². The lowest BCUT2D eigenvalue weighted by atomic mass is 10.2. The second kappa shape index (κ2) is 5.47. The minimum atomic E-state index is -0.988. The molecule has 0 unspecified atom stereocenters. The first-order chi connectivity index (χ1) is 10.1.